The normalized spacial score (nSPS) is 12.6. The van der Waals surface area contributed by atoms with Crippen LogP contribution in [0.1, 0.15) is 10.4 Å². The molecule has 3 nitrogen and oxygen atoms in total. The second-order valence-electron chi connectivity index (χ2n) is 3.15. The van der Waals surface area contributed by atoms with Crippen molar-refractivity contribution in [2.75, 3.05) is 0 Å². The van der Waals surface area contributed by atoms with E-state index in [1.54, 1.807) is 0 Å². The van der Waals surface area contributed by atoms with Crippen LogP contribution in [-0.4, -0.2) is 29.7 Å². The molecule has 1 aromatic rings. The summed E-state index contributed by atoms with van der Waals surface area (Å²) in [5.41, 5.74) is -0.199. The monoisotopic (exact) mass is 273 g/mol. The fourth-order valence-electron chi connectivity index (χ4n) is 1.02. The number of halogens is 6. The summed E-state index contributed by atoms with van der Waals surface area (Å²) >= 11 is 0. The second kappa shape index (κ2) is 4.83. The average molecular weight is 273 g/mol. The van der Waals surface area contributed by atoms with Gasteiger partial charge in [0.1, 0.15) is 5.75 Å². The lowest BCUT2D eigenvalue weighted by molar-refractivity contribution is -0.299. The van der Waals surface area contributed by atoms with Gasteiger partial charge in [0.15, 0.2) is 6.29 Å². The summed E-state index contributed by atoms with van der Waals surface area (Å²) in [6.07, 6.45) is -13.4. The highest BCUT2D eigenvalue weighted by Gasteiger charge is 2.59. The maximum atomic E-state index is 12.1. The minimum Gasteiger partial charge on any atom is -0.470 e. The van der Waals surface area contributed by atoms with E-state index in [0.717, 1.165) is 12.3 Å². The number of aromatic nitrogens is 1. The number of carbonyl (C=O) groups excluding carboxylic acids is 1. The van der Waals surface area contributed by atoms with Crippen LogP contribution in [0.4, 0.5) is 26.3 Å². The highest BCUT2D eigenvalue weighted by Crippen LogP contribution is 2.36. The number of alkyl halides is 6. The predicted octanol–water partition coefficient (Wildman–Crippen LogP) is 2.77. The van der Waals surface area contributed by atoms with Crippen molar-refractivity contribution in [3.8, 4) is 5.75 Å². The molecule has 0 amide bonds. The van der Waals surface area contributed by atoms with Crippen molar-refractivity contribution in [3.05, 3.63) is 24.0 Å². The molecule has 0 saturated heterocycles. The molecule has 1 aromatic heterocycles. The third-order valence-electron chi connectivity index (χ3n) is 1.72. The van der Waals surface area contributed by atoms with Gasteiger partial charge >= 0.3 is 12.4 Å². The molecule has 1 heterocycles. The summed E-state index contributed by atoms with van der Waals surface area (Å²) in [6.45, 7) is 0. The Kier molecular flexibility index (Phi) is 3.82. The molecule has 0 N–H and O–H groups in total. The maximum Gasteiger partial charge on any atom is 0.434 e. The van der Waals surface area contributed by atoms with Crippen molar-refractivity contribution in [3.63, 3.8) is 0 Å². The van der Waals surface area contributed by atoms with E-state index in [9.17, 15) is 31.1 Å². The molecule has 18 heavy (non-hydrogen) atoms. The average Bonchev–Trinajstić information content (AvgIpc) is 2.23. The lowest BCUT2D eigenvalue weighted by Crippen LogP contribution is -2.46. The number of nitrogens with zero attached hydrogens (tertiary/aromatic N) is 1. The van der Waals surface area contributed by atoms with Crippen LogP contribution in [0, 0.1) is 0 Å². The Morgan fingerprint density at radius 3 is 2.11 bits per heavy atom. The number of carbonyl (C=O) groups is 1. The first-order chi connectivity index (χ1) is 8.14. The molecule has 0 saturated carbocycles. The second-order valence-corrected chi connectivity index (χ2v) is 3.15. The van der Waals surface area contributed by atoms with Gasteiger partial charge in [-0.3, -0.25) is 9.78 Å². The van der Waals surface area contributed by atoms with Gasteiger partial charge in [-0.05, 0) is 6.07 Å². The third-order valence-corrected chi connectivity index (χ3v) is 1.72. The van der Waals surface area contributed by atoms with Crippen molar-refractivity contribution >= 4 is 6.29 Å². The zero-order valence-corrected chi connectivity index (χ0v) is 8.42. The van der Waals surface area contributed by atoms with Crippen LogP contribution in [0.3, 0.4) is 0 Å². The molecule has 0 aromatic carbocycles. The summed E-state index contributed by atoms with van der Waals surface area (Å²) in [5.74, 6) is -0.792. The number of hydrogen-bond donors (Lipinski definition) is 0. The standard InChI is InChI=1S/C9H5F6NO2/c10-8(11,12)7(9(13,14)15)18-6-1-5(4-17)2-16-3-6/h1-4,7H. The van der Waals surface area contributed by atoms with Crippen LogP contribution >= 0.6 is 0 Å². The molecule has 0 spiro atoms. The van der Waals surface area contributed by atoms with E-state index in [1.807, 2.05) is 0 Å². The van der Waals surface area contributed by atoms with Gasteiger partial charge < -0.3 is 4.74 Å². The molecule has 0 aliphatic heterocycles. The van der Waals surface area contributed by atoms with Gasteiger partial charge in [0.25, 0.3) is 6.10 Å². The maximum absolute atomic E-state index is 12.1. The molecule has 0 radical (unpaired) electrons. The summed E-state index contributed by atoms with van der Waals surface area (Å²) in [5, 5.41) is 0. The minimum absolute atomic E-state index is 0.199. The third kappa shape index (κ3) is 3.60. The van der Waals surface area contributed by atoms with Gasteiger partial charge in [-0.25, -0.2) is 0 Å². The fraction of sp³-hybridized carbons (Fsp3) is 0.333. The van der Waals surface area contributed by atoms with E-state index in [-0.39, 0.29) is 11.8 Å². The van der Waals surface area contributed by atoms with Crippen LogP contribution in [0.2, 0.25) is 0 Å². The first kappa shape index (κ1) is 14.3. The van der Waals surface area contributed by atoms with E-state index in [1.165, 1.54) is 0 Å². The number of aldehydes is 1. The number of ether oxygens (including phenoxy) is 1. The minimum atomic E-state index is -5.62. The Labute approximate surface area is 96.4 Å². The summed E-state index contributed by atoms with van der Waals surface area (Å²) in [7, 11) is 0. The van der Waals surface area contributed by atoms with Gasteiger partial charge in [-0.2, -0.15) is 26.3 Å². The van der Waals surface area contributed by atoms with Crippen molar-refractivity contribution < 1.29 is 35.9 Å². The Morgan fingerprint density at radius 2 is 1.67 bits per heavy atom. The topological polar surface area (TPSA) is 39.2 Å². The fourth-order valence-corrected chi connectivity index (χ4v) is 1.02. The molecular formula is C9H5F6NO2. The molecule has 0 atom stereocenters. The van der Waals surface area contributed by atoms with Crippen LogP contribution in [0.15, 0.2) is 18.5 Å². The molecule has 0 unspecified atom stereocenters. The van der Waals surface area contributed by atoms with E-state index < -0.39 is 24.2 Å². The van der Waals surface area contributed by atoms with Crippen LogP contribution in [0.25, 0.3) is 0 Å². The van der Waals surface area contributed by atoms with E-state index >= 15 is 0 Å². The smallest absolute Gasteiger partial charge is 0.434 e. The number of rotatable bonds is 3. The summed E-state index contributed by atoms with van der Waals surface area (Å²) < 4.78 is 76.7. The molecule has 0 aliphatic rings. The lowest BCUT2D eigenvalue weighted by atomic mass is 10.3. The van der Waals surface area contributed by atoms with Crippen molar-refractivity contribution in [2.24, 2.45) is 0 Å². The molecule has 0 bridgehead atoms. The lowest BCUT2D eigenvalue weighted by Gasteiger charge is -2.23. The highest BCUT2D eigenvalue weighted by molar-refractivity contribution is 5.74. The Morgan fingerprint density at radius 1 is 1.11 bits per heavy atom. The predicted molar refractivity (Wildman–Crippen MR) is 46.2 cm³/mol. The zero-order chi connectivity index (χ0) is 14.0. The van der Waals surface area contributed by atoms with E-state index in [0.29, 0.717) is 6.20 Å². The Hall–Kier alpha value is -1.80. The van der Waals surface area contributed by atoms with Gasteiger partial charge in [0, 0.05) is 11.8 Å². The number of pyridine rings is 1. The SMILES string of the molecule is O=Cc1cncc(OC(C(F)(F)F)C(F)(F)F)c1. The highest BCUT2D eigenvalue weighted by atomic mass is 19.4. The summed E-state index contributed by atoms with van der Waals surface area (Å²) in [4.78, 5) is 13.6. The first-order valence-electron chi connectivity index (χ1n) is 4.35. The molecular weight excluding hydrogens is 268 g/mol. The molecule has 0 fully saturated rings. The van der Waals surface area contributed by atoms with Gasteiger partial charge in [-0.15, -0.1) is 0 Å². The quantitative estimate of drug-likeness (QED) is 0.628. The van der Waals surface area contributed by atoms with Crippen LogP contribution < -0.4 is 4.74 Å². The van der Waals surface area contributed by atoms with Crippen molar-refractivity contribution in [1.82, 2.24) is 4.98 Å². The van der Waals surface area contributed by atoms with Gasteiger partial charge in [0.2, 0.25) is 0 Å². The molecule has 1 rings (SSSR count). The van der Waals surface area contributed by atoms with E-state index in [2.05, 4.69) is 9.72 Å². The largest absolute Gasteiger partial charge is 0.470 e. The van der Waals surface area contributed by atoms with Crippen LogP contribution in [0.5, 0.6) is 5.75 Å². The first-order valence-corrected chi connectivity index (χ1v) is 4.35. The Bertz CT molecular complexity index is 414. The van der Waals surface area contributed by atoms with Gasteiger partial charge in [0.05, 0.1) is 6.20 Å². The zero-order valence-electron chi connectivity index (χ0n) is 8.42. The Balaban J connectivity index is 3.00. The van der Waals surface area contributed by atoms with Gasteiger partial charge in [-0.1, -0.05) is 0 Å². The van der Waals surface area contributed by atoms with Crippen LogP contribution in [-0.2, 0) is 0 Å². The molecule has 100 valence electrons. The molecule has 0 aliphatic carbocycles. The van der Waals surface area contributed by atoms with E-state index in [4.69, 9.17) is 0 Å². The number of hydrogen-bond acceptors (Lipinski definition) is 3. The van der Waals surface area contributed by atoms with Crippen molar-refractivity contribution in [1.29, 1.82) is 0 Å². The summed E-state index contributed by atoms with van der Waals surface area (Å²) in [6, 6.07) is 0.727. The van der Waals surface area contributed by atoms with Crippen molar-refractivity contribution in [2.45, 2.75) is 18.5 Å². The molecule has 9 heteroatoms.